The molecule has 33 heavy (non-hydrogen) atoms. The molecular weight excluding hydrogens is 426 g/mol. The Bertz CT molecular complexity index is 1310. The molecule has 0 spiro atoms. The Kier molecular flexibility index (Phi) is 6.12. The molecule has 0 atom stereocenters. The summed E-state index contributed by atoms with van der Waals surface area (Å²) in [6.07, 6.45) is 3.00. The molecule has 0 radical (unpaired) electrons. The molecule has 3 N–H and O–H groups in total. The van der Waals surface area contributed by atoms with Crippen molar-refractivity contribution in [2.75, 3.05) is 11.9 Å². The molecule has 1 amide bonds. The highest BCUT2D eigenvalue weighted by Gasteiger charge is 2.18. The lowest BCUT2D eigenvalue weighted by atomic mass is 10.2. The Morgan fingerprint density at radius 3 is 2.73 bits per heavy atom. The van der Waals surface area contributed by atoms with E-state index in [0.29, 0.717) is 28.6 Å². The van der Waals surface area contributed by atoms with E-state index >= 15 is 0 Å². The van der Waals surface area contributed by atoms with E-state index in [4.69, 9.17) is 13.9 Å². The van der Waals surface area contributed by atoms with Crippen LogP contribution < -0.4 is 10.1 Å². The summed E-state index contributed by atoms with van der Waals surface area (Å²) < 4.78 is 16.1. The van der Waals surface area contributed by atoms with Crippen LogP contribution in [-0.2, 0) is 4.74 Å². The van der Waals surface area contributed by atoms with Gasteiger partial charge in [0.1, 0.15) is 17.1 Å². The van der Waals surface area contributed by atoms with Crippen LogP contribution in [0, 0.1) is 6.92 Å². The fourth-order valence-electron chi connectivity index (χ4n) is 3.13. The number of furan rings is 1. The second-order valence-electron chi connectivity index (χ2n) is 7.06. The van der Waals surface area contributed by atoms with Crippen LogP contribution in [0.25, 0.3) is 11.4 Å². The molecule has 0 fully saturated rings. The number of ether oxygens (including phenoxy) is 2. The Morgan fingerprint density at radius 1 is 1.15 bits per heavy atom. The van der Waals surface area contributed by atoms with Crippen LogP contribution >= 0.6 is 0 Å². The number of amides is 1. The first-order valence-electron chi connectivity index (χ1n) is 10.1. The first kappa shape index (κ1) is 21.7. The van der Waals surface area contributed by atoms with Gasteiger partial charge in [-0.3, -0.25) is 9.78 Å². The zero-order valence-electron chi connectivity index (χ0n) is 17.9. The van der Waals surface area contributed by atoms with Crippen molar-refractivity contribution >= 4 is 17.6 Å². The lowest BCUT2D eigenvalue weighted by molar-refractivity contribution is 0.0523. The Morgan fingerprint density at radius 2 is 1.97 bits per heavy atom. The summed E-state index contributed by atoms with van der Waals surface area (Å²) in [5, 5.41) is 12.8. The van der Waals surface area contributed by atoms with Crippen molar-refractivity contribution in [3.8, 4) is 28.8 Å². The van der Waals surface area contributed by atoms with Crippen molar-refractivity contribution in [2.45, 2.75) is 13.8 Å². The number of aromatic hydroxyl groups is 1. The highest BCUT2D eigenvalue weighted by Crippen LogP contribution is 2.30. The number of hydrogen-bond donors (Lipinski definition) is 3. The number of H-pyrrole nitrogens is 1. The smallest absolute Gasteiger partial charge is 0.343 e. The number of aromatic nitrogens is 2. The quantitative estimate of drug-likeness (QED) is 0.344. The van der Waals surface area contributed by atoms with Gasteiger partial charge < -0.3 is 29.3 Å². The van der Waals surface area contributed by atoms with Gasteiger partial charge in [0.25, 0.3) is 5.91 Å². The number of anilines is 1. The monoisotopic (exact) mass is 447 g/mol. The lowest BCUT2D eigenvalue weighted by Crippen LogP contribution is -2.12. The van der Waals surface area contributed by atoms with E-state index in [1.807, 2.05) is 0 Å². The van der Waals surface area contributed by atoms with E-state index < -0.39 is 5.97 Å². The second kappa shape index (κ2) is 9.31. The number of rotatable bonds is 7. The largest absolute Gasteiger partial charge is 0.494 e. The minimum absolute atomic E-state index is 0.0233. The van der Waals surface area contributed by atoms with Gasteiger partial charge in [-0.1, -0.05) is 6.07 Å². The summed E-state index contributed by atoms with van der Waals surface area (Å²) in [7, 11) is 0. The molecule has 0 aliphatic heterocycles. The molecule has 4 rings (SSSR count). The van der Waals surface area contributed by atoms with Gasteiger partial charge in [0.2, 0.25) is 5.88 Å². The standard InChI is InChI=1S/C24H21N3O6/c1-3-31-24(30)18-13-20(27-22(18)28)19-12-17(7-9-25-19)33-16-6-4-5-15(11-16)26-23(29)21-14(2)8-10-32-21/h4-13,27-28H,3H2,1-2H3,(H,26,29). The molecule has 168 valence electrons. The van der Waals surface area contributed by atoms with E-state index in [0.717, 1.165) is 5.56 Å². The maximum atomic E-state index is 12.4. The molecule has 1 aromatic carbocycles. The molecule has 3 aromatic heterocycles. The van der Waals surface area contributed by atoms with Crippen molar-refractivity contribution < 1.29 is 28.6 Å². The van der Waals surface area contributed by atoms with Crippen molar-refractivity contribution in [3.05, 3.63) is 77.9 Å². The summed E-state index contributed by atoms with van der Waals surface area (Å²) in [5.74, 6) is -0.0820. The second-order valence-corrected chi connectivity index (χ2v) is 7.06. The predicted octanol–water partition coefficient (Wildman–Crippen LogP) is 4.91. The summed E-state index contributed by atoms with van der Waals surface area (Å²) in [4.78, 5) is 31.3. The van der Waals surface area contributed by atoms with E-state index in [1.54, 1.807) is 56.3 Å². The zero-order valence-corrected chi connectivity index (χ0v) is 17.9. The van der Waals surface area contributed by atoms with Gasteiger partial charge in [0, 0.05) is 29.6 Å². The number of aryl methyl sites for hydroxylation is 1. The maximum Gasteiger partial charge on any atom is 0.343 e. The summed E-state index contributed by atoms with van der Waals surface area (Å²) in [6, 6.07) is 13.4. The molecule has 4 aromatic rings. The maximum absolute atomic E-state index is 12.4. The molecule has 0 unspecified atom stereocenters. The lowest BCUT2D eigenvalue weighted by Gasteiger charge is -2.09. The van der Waals surface area contributed by atoms with Gasteiger partial charge in [0.05, 0.1) is 24.3 Å². The minimum Gasteiger partial charge on any atom is -0.494 e. The van der Waals surface area contributed by atoms with Crippen LogP contribution in [0.15, 0.2) is 65.4 Å². The molecule has 3 heterocycles. The number of carbonyl (C=O) groups is 2. The van der Waals surface area contributed by atoms with Crippen LogP contribution in [0.1, 0.15) is 33.4 Å². The Balaban J connectivity index is 1.51. The third kappa shape index (κ3) is 4.87. The first-order chi connectivity index (χ1) is 15.9. The Hall–Kier alpha value is -4.53. The third-order valence-electron chi connectivity index (χ3n) is 4.70. The van der Waals surface area contributed by atoms with Gasteiger partial charge in [-0.25, -0.2) is 4.79 Å². The molecule has 0 aliphatic rings. The van der Waals surface area contributed by atoms with Crippen molar-refractivity contribution in [1.29, 1.82) is 0 Å². The van der Waals surface area contributed by atoms with Crippen molar-refractivity contribution in [3.63, 3.8) is 0 Å². The molecule has 0 aliphatic carbocycles. The average molecular weight is 447 g/mol. The van der Waals surface area contributed by atoms with Gasteiger partial charge in [0.15, 0.2) is 5.76 Å². The average Bonchev–Trinajstić information content (AvgIpc) is 3.40. The van der Waals surface area contributed by atoms with E-state index in [9.17, 15) is 14.7 Å². The molecule has 9 nitrogen and oxygen atoms in total. The molecule has 0 saturated carbocycles. The topological polar surface area (TPSA) is 127 Å². The first-order valence-corrected chi connectivity index (χ1v) is 10.1. The normalized spacial score (nSPS) is 10.6. The Labute approximate surface area is 189 Å². The minimum atomic E-state index is -0.631. The fourth-order valence-corrected chi connectivity index (χ4v) is 3.13. The van der Waals surface area contributed by atoms with Gasteiger partial charge in [-0.15, -0.1) is 0 Å². The van der Waals surface area contributed by atoms with E-state index in [1.165, 1.54) is 18.5 Å². The highest BCUT2D eigenvalue weighted by molar-refractivity contribution is 6.03. The molecule has 0 saturated heterocycles. The summed E-state index contributed by atoms with van der Waals surface area (Å²) >= 11 is 0. The predicted molar refractivity (Wildman–Crippen MR) is 120 cm³/mol. The fraction of sp³-hybridized carbons (Fsp3) is 0.125. The number of aromatic amines is 1. The SMILES string of the molecule is CCOC(=O)c1cc(-c2cc(Oc3cccc(NC(=O)c4occc4C)c3)ccn2)[nH]c1O. The summed E-state index contributed by atoms with van der Waals surface area (Å²) in [6.45, 7) is 3.67. The highest BCUT2D eigenvalue weighted by atomic mass is 16.5. The number of hydrogen-bond acceptors (Lipinski definition) is 7. The molecule has 9 heteroatoms. The molecule has 0 bridgehead atoms. The number of nitrogens with one attached hydrogen (secondary N) is 2. The van der Waals surface area contributed by atoms with Gasteiger partial charge >= 0.3 is 5.97 Å². The van der Waals surface area contributed by atoms with Crippen molar-refractivity contribution in [2.24, 2.45) is 0 Å². The number of benzene rings is 1. The molecular formula is C24H21N3O6. The summed E-state index contributed by atoms with van der Waals surface area (Å²) in [5.41, 5.74) is 2.18. The van der Waals surface area contributed by atoms with Crippen molar-refractivity contribution in [1.82, 2.24) is 9.97 Å². The third-order valence-corrected chi connectivity index (χ3v) is 4.70. The van der Waals surface area contributed by atoms with Gasteiger partial charge in [-0.2, -0.15) is 0 Å². The van der Waals surface area contributed by atoms with Crippen LogP contribution in [0.5, 0.6) is 17.4 Å². The van der Waals surface area contributed by atoms with Crippen LogP contribution in [0.3, 0.4) is 0 Å². The van der Waals surface area contributed by atoms with Crippen LogP contribution in [0.2, 0.25) is 0 Å². The van der Waals surface area contributed by atoms with Crippen LogP contribution in [0.4, 0.5) is 5.69 Å². The van der Waals surface area contributed by atoms with Crippen LogP contribution in [-0.4, -0.2) is 33.6 Å². The number of esters is 1. The van der Waals surface area contributed by atoms with E-state index in [-0.39, 0.29) is 29.7 Å². The number of pyridine rings is 1. The number of nitrogens with zero attached hydrogens (tertiary/aromatic N) is 1. The van der Waals surface area contributed by atoms with Gasteiger partial charge in [-0.05, 0) is 44.2 Å². The van der Waals surface area contributed by atoms with E-state index in [2.05, 4.69) is 15.3 Å². The number of carbonyl (C=O) groups excluding carboxylic acids is 2. The zero-order chi connectivity index (χ0) is 23.4.